The summed E-state index contributed by atoms with van der Waals surface area (Å²) in [5.41, 5.74) is 4.68. The second-order valence-corrected chi connectivity index (χ2v) is 3.43. The molecule has 0 saturated heterocycles. The van der Waals surface area contributed by atoms with Crippen molar-refractivity contribution in [3.05, 3.63) is 33.1 Å². The highest BCUT2D eigenvalue weighted by Crippen LogP contribution is 2.12. The molecule has 6 heteroatoms. The van der Waals surface area contributed by atoms with Gasteiger partial charge in [-0.15, -0.1) is 11.8 Å². The van der Waals surface area contributed by atoms with Crippen molar-refractivity contribution in [1.82, 2.24) is 9.55 Å². The fourth-order valence-corrected chi connectivity index (χ4v) is 1.62. The lowest BCUT2D eigenvalue weighted by Gasteiger charge is -2.12. The maximum atomic E-state index is 11.3. The van der Waals surface area contributed by atoms with Crippen molar-refractivity contribution in [3.8, 4) is 0 Å². The third-order valence-corrected chi connectivity index (χ3v) is 2.60. The largest absolute Gasteiger partial charge is 0.329 e. The Kier molecular flexibility index (Phi) is 3.32. The number of rotatable bonds is 3. The molecule has 0 radical (unpaired) electrons. The first-order valence-electron chi connectivity index (χ1n) is 3.73. The van der Waals surface area contributed by atoms with Gasteiger partial charge in [0, 0.05) is 18.8 Å². The Bertz CT molecular complexity index is 352. The number of aromatic amines is 1. The smallest absolute Gasteiger partial charge is 0.328 e. The van der Waals surface area contributed by atoms with Crippen LogP contribution in [0.3, 0.4) is 0 Å². The van der Waals surface area contributed by atoms with Gasteiger partial charge in [0.05, 0.1) is 5.37 Å². The summed E-state index contributed by atoms with van der Waals surface area (Å²) < 4.78 is 1.12. The molecule has 0 aromatic carbocycles. The van der Waals surface area contributed by atoms with E-state index in [-0.39, 0.29) is 17.5 Å². The number of aromatic nitrogens is 2. The van der Waals surface area contributed by atoms with Crippen LogP contribution < -0.4 is 17.0 Å². The molecule has 1 rings (SSSR count). The molecule has 72 valence electrons. The Morgan fingerprint density at radius 3 is 2.85 bits per heavy atom. The minimum Gasteiger partial charge on any atom is -0.328 e. The molecule has 0 bridgehead atoms. The summed E-state index contributed by atoms with van der Waals surface area (Å²) in [7, 11) is 0. The fourth-order valence-electron chi connectivity index (χ4n) is 1.01. The number of H-pyrrole nitrogens is 1. The monoisotopic (exact) mass is 201 g/mol. The van der Waals surface area contributed by atoms with E-state index in [1.54, 1.807) is 6.26 Å². The highest BCUT2D eigenvalue weighted by atomic mass is 32.2. The summed E-state index contributed by atoms with van der Waals surface area (Å²) in [6.07, 6.45) is 3.13. The van der Waals surface area contributed by atoms with Crippen LogP contribution in [0.15, 0.2) is 21.9 Å². The summed E-state index contributed by atoms with van der Waals surface area (Å²) in [6.45, 7) is 0.258. The molecule has 0 aliphatic heterocycles. The van der Waals surface area contributed by atoms with Crippen LogP contribution in [0.5, 0.6) is 0 Å². The summed E-state index contributed by atoms with van der Waals surface area (Å²) in [5, 5.41) is -0.294. The molecular formula is C7H11N3O2S. The molecule has 0 spiro atoms. The Morgan fingerprint density at radius 2 is 2.38 bits per heavy atom. The maximum Gasteiger partial charge on any atom is 0.329 e. The van der Waals surface area contributed by atoms with E-state index in [0.29, 0.717) is 0 Å². The van der Waals surface area contributed by atoms with Gasteiger partial charge in [-0.05, 0) is 6.26 Å². The molecule has 1 heterocycles. The van der Waals surface area contributed by atoms with E-state index in [1.807, 2.05) is 0 Å². The average Bonchev–Trinajstić information content (AvgIpc) is 2.11. The number of nitrogens with two attached hydrogens (primary N) is 1. The van der Waals surface area contributed by atoms with E-state index < -0.39 is 5.69 Å². The van der Waals surface area contributed by atoms with Crippen LogP contribution in [0, 0.1) is 0 Å². The van der Waals surface area contributed by atoms with E-state index in [9.17, 15) is 9.59 Å². The number of hydrogen-bond donors (Lipinski definition) is 2. The van der Waals surface area contributed by atoms with Crippen molar-refractivity contribution in [2.45, 2.75) is 5.37 Å². The Balaban J connectivity index is 3.27. The zero-order chi connectivity index (χ0) is 9.84. The van der Waals surface area contributed by atoms with Crippen molar-refractivity contribution in [1.29, 1.82) is 0 Å². The van der Waals surface area contributed by atoms with E-state index >= 15 is 0 Å². The van der Waals surface area contributed by atoms with Crippen LogP contribution in [0.1, 0.15) is 5.37 Å². The van der Waals surface area contributed by atoms with E-state index in [0.717, 1.165) is 4.57 Å². The van der Waals surface area contributed by atoms with Gasteiger partial charge in [-0.25, -0.2) is 9.36 Å². The van der Waals surface area contributed by atoms with Gasteiger partial charge >= 0.3 is 5.69 Å². The Morgan fingerprint density at radius 1 is 1.69 bits per heavy atom. The third kappa shape index (κ3) is 2.02. The molecule has 13 heavy (non-hydrogen) atoms. The molecule has 1 unspecified atom stereocenters. The molecule has 1 aromatic heterocycles. The van der Waals surface area contributed by atoms with Gasteiger partial charge in [-0.3, -0.25) is 4.79 Å². The van der Waals surface area contributed by atoms with Crippen molar-refractivity contribution in [2.75, 3.05) is 12.8 Å². The van der Waals surface area contributed by atoms with Crippen LogP contribution in [-0.4, -0.2) is 22.4 Å². The lowest BCUT2D eigenvalue weighted by atomic mass is 10.5. The van der Waals surface area contributed by atoms with Crippen LogP contribution in [0.2, 0.25) is 0 Å². The van der Waals surface area contributed by atoms with E-state index in [1.165, 1.54) is 24.0 Å². The zero-order valence-electron chi connectivity index (χ0n) is 7.19. The highest BCUT2D eigenvalue weighted by Gasteiger charge is 2.10. The third-order valence-electron chi connectivity index (χ3n) is 1.65. The van der Waals surface area contributed by atoms with Crippen molar-refractivity contribution < 1.29 is 0 Å². The van der Waals surface area contributed by atoms with Crippen LogP contribution in [0.25, 0.3) is 0 Å². The number of nitrogens with one attached hydrogen (secondary N) is 1. The van der Waals surface area contributed by atoms with E-state index in [4.69, 9.17) is 5.73 Å². The molecular weight excluding hydrogens is 190 g/mol. The number of thioether (sulfide) groups is 1. The van der Waals surface area contributed by atoms with Gasteiger partial charge < -0.3 is 10.7 Å². The van der Waals surface area contributed by atoms with Gasteiger partial charge in [0.25, 0.3) is 5.56 Å². The maximum absolute atomic E-state index is 11.3. The second kappa shape index (κ2) is 4.29. The first-order valence-corrected chi connectivity index (χ1v) is 5.02. The first-order chi connectivity index (χ1) is 6.20. The van der Waals surface area contributed by atoms with Crippen LogP contribution >= 0.6 is 11.8 Å². The fraction of sp³-hybridized carbons (Fsp3) is 0.429. The highest BCUT2D eigenvalue weighted by molar-refractivity contribution is 7.98. The first kappa shape index (κ1) is 10.1. The Hall–Kier alpha value is -1.01. The van der Waals surface area contributed by atoms with Crippen LogP contribution in [-0.2, 0) is 0 Å². The topological polar surface area (TPSA) is 80.9 Å². The Labute approximate surface area is 79.0 Å². The summed E-state index contributed by atoms with van der Waals surface area (Å²) in [6, 6.07) is 1.31. The van der Waals surface area contributed by atoms with Gasteiger partial charge in [0.2, 0.25) is 0 Å². The van der Waals surface area contributed by atoms with Gasteiger partial charge in [-0.1, -0.05) is 0 Å². The molecule has 3 N–H and O–H groups in total. The molecule has 0 fully saturated rings. The molecule has 0 saturated carbocycles. The summed E-state index contributed by atoms with van der Waals surface area (Å²) >= 11 is 1.37. The van der Waals surface area contributed by atoms with Gasteiger partial charge in [0.1, 0.15) is 0 Å². The van der Waals surface area contributed by atoms with Crippen molar-refractivity contribution >= 4 is 11.8 Å². The minimum atomic E-state index is -0.419. The van der Waals surface area contributed by atoms with Crippen LogP contribution in [0.4, 0.5) is 0 Å². The lowest BCUT2D eigenvalue weighted by molar-refractivity contribution is 0.621. The van der Waals surface area contributed by atoms with Gasteiger partial charge in [-0.2, -0.15) is 0 Å². The SMILES string of the molecule is CSC(CN)n1c(=O)cc[nH]c1=O. The molecule has 0 aliphatic carbocycles. The predicted molar refractivity (Wildman–Crippen MR) is 52.9 cm³/mol. The normalized spacial score (nSPS) is 12.8. The molecule has 0 amide bonds. The predicted octanol–water partition coefficient (Wildman–Crippen LogP) is -0.643. The van der Waals surface area contributed by atoms with Crippen molar-refractivity contribution in [2.24, 2.45) is 5.73 Å². The molecule has 0 aliphatic rings. The molecule has 1 atom stereocenters. The van der Waals surface area contributed by atoms with Crippen molar-refractivity contribution in [3.63, 3.8) is 0 Å². The molecule has 1 aromatic rings. The summed E-state index contributed by atoms with van der Waals surface area (Å²) in [4.78, 5) is 24.9. The molecule has 5 nitrogen and oxygen atoms in total. The average molecular weight is 201 g/mol. The van der Waals surface area contributed by atoms with E-state index in [2.05, 4.69) is 4.98 Å². The quantitative estimate of drug-likeness (QED) is 0.681. The standard InChI is InChI=1S/C7H11N3O2S/c1-13-6(4-8)10-5(11)2-3-9-7(10)12/h2-3,6H,4,8H2,1H3,(H,9,12). The number of nitrogens with zero attached hydrogens (tertiary/aromatic N) is 1. The summed E-state index contributed by atoms with van der Waals surface area (Å²) in [5.74, 6) is 0. The zero-order valence-corrected chi connectivity index (χ0v) is 8.00. The second-order valence-electron chi connectivity index (χ2n) is 2.42. The minimum absolute atomic E-state index is 0.258. The number of hydrogen-bond acceptors (Lipinski definition) is 4. The lowest BCUT2D eigenvalue weighted by Crippen LogP contribution is -2.38. The van der Waals surface area contributed by atoms with Gasteiger partial charge in [0.15, 0.2) is 0 Å².